The van der Waals surface area contributed by atoms with Crippen molar-refractivity contribution in [3.8, 4) is 0 Å². The molecule has 0 aliphatic carbocycles. The van der Waals surface area contributed by atoms with Crippen LogP contribution in [-0.4, -0.2) is 11.0 Å². The maximum Gasteiger partial charge on any atom is 0.303 e. The monoisotopic (exact) mass is 265 g/mol. The molecule has 4 heteroatoms. The molecule has 0 radical (unpaired) electrons. The van der Waals surface area contributed by atoms with E-state index in [1.807, 2.05) is 24.3 Å². The molecule has 4 rings (SSSR count). The number of aromatic nitrogens is 1. The smallest absolute Gasteiger partial charge is 0.303 e. The zero-order valence-corrected chi connectivity index (χ0v) is 11.2. The molecule has 4 nitrogen and oxygen atoms in total. The van der Waals surface area contributed by atoms with Crippen LogP contribution in [0.2, 0.25) is 0 Å². The highest BCUT2D eigenvalue weighted by molar-refractivity contribution is 5.80. The van der Waals surface area contributed by atoms with Gasteiger partial charge >= 0.3 is 6.01 Å². The van der Waals surface area contributed by atoms with Crippen molar-refractivity contribution in [3.63, 3.8) is 0 Å². The number of benzene rings is 2. The molecule has 1 aliphatic heterocycles. The van der Waals surface area contributed by atoms with Crippen molar-refractivity contribution in [2.45, 2.75) is 19.4 Å². The SMILES string of the molecule is CC1Cc2ccccc2N1c1nc2ccc(N)cc2o1. The van der Waals surface area contributed by atoms with Crippen molar-refractivity contribution < 1.29 is 4.42 Å². The molecule has 20 heavy (non-hydrogen) atoms. The Morgan fingerprint density at radius 2 is 2.10 bits per heavy atom. The summed E-state index contributed by atoms with van der Waals surface area (Å²) in [5.74, 6) is 0. The number of nitrogen functional groups attached to an aromatic ring is 1. The van der Waals surface area contributed by atoms with Crippen molar-refractivity contribution in [1.29, 1.82) is 0 Å². The van der Waals surface area contributed by atoms with Crippen molar-refractivity contribution in [1.82, 2.24) is 4.98 Å². The Balaban J connectivity index is 1.86. The van der Waals surface area contributed by atoms with Gasteiger partial charge in [-0.25, -0.2) is 0 Å². The first-order chi connectivity index (χ1) is 9.72. The summed E-state index contributed by atoms with van der Waals surface area (Å²) in [7, 11) is 0. The van der Waals surface area contributed by atoms with Gasteiger partial charge in [0.1, 0.15) is 5.52 Å². The number of nitrogens with zero attached hydrogens (tertiary/aromatic N) is 2. The highest BCUT2D eigenvalue weighted by Gasteiger charge is 2.30. The third kappa shape index (κ3) is 1.58. The maximum absolute atomic E-state index is 5.89. The van der Waals surface area contributed by atoms with Crippen LogP contribution >= 0.6 is 0 Å². The summed E-state index contributed by atoms with van der Waals surface area (Å²) < 4.78 is 5.89. The second-order valence-electron chi connectivity index (χ2n) is 5.28. The Labute approximate surface area is 116 Å². The predicted molar refractivity (Wildman–Crippen MR) is 80.2 cm³/mol. The lowest BCUT2D eigenvalue weighted by molar-refractivity contribution is 0.574. The van der Waals surface area contributed by atoms with Crippen LogP contribution < -0.4 is 10.6 Å². The van der Waals surface area contributed by atoms with E-state index in [0.717, 1.165) is 17.5 Å². The van der Waals surface area contributed by atoms with Gasteiger partial charge in [0.15, 0.2) is 5.58 Å². The molecule has 100 valence electrons. The Morgan fingerprint density at radius 1 is 1.25 bits per heavy atom. The van der Waals surface area contributed by atoms with Crippen LogP contribution in [0.15, 0.2) is 46.9 Å². The topological polar surface area (TPSA) is 55.3 Å². The lowest BCUT2D eigenvalue weighted by atomic mass is 10.1. The molecular formula is C16H15N3O. The van der Waals surface area contributed by atoms with E-state index in [0.29, 0.717) is 17.7 Å². The fraction of sp³-hybridized carbons (Fsp3) is 0.188. The maximum atomic E-state index is 5.89. The first kappa shape index (κ1) is 11.3. The van der Waals surface area contributed by atoms with Crippen LogP contribution in [0, 0.1) is 0 Å². The Kier molecular flexibility index (Phi) is 2.27. The summed E-state index contributed by atoms with van der Waals surface area (Å²) in [6.07, 6.45) is 1.01. The fourth-order valence-electron chi connectivity index (χ4n) is 2.89. The van der Waals surface area contributed by atoms with E-state index in [1.54, 1.807) is 0 Å². The fourth-order valence-corrected chi connectivity index (χ4v) is 2.89. The van der Waals surface area contributed by atoms with E-state index in [-0.39, 0.29) is 0 Å². The zero-order valence-electron chi connectivity index (χ0n) is 11.2. The van der Waals surface area contributed by atoms with Crippen LogP contribution in [0.25, 0.3) is 11.1 Å². The number of fused-ring (bicyclic) bond motifs is 2. The summed E-state index contributed by atoms with van der Waals surface area (Å²) in [4.78, 5) is 6.75. The summed E-state index contributed by atoms with van der Waals surface area (Å²) in [6, 6.07) is 14.9. The molecule has 1 aliphatic rings. The normalized spacial score (nSPS) is 17.6. The average Bonchev–Trinajstić information content (AvgIpc) is 2.97. The van der Waals surface area contributed by atoms with Crippen molar-refractivity contribution in [2.75, 3.05) is 10.6 Å². The summed E-state index contributed by atoms with van der Waals surface area (Å²) in [5.41, 5.74) is 10.6. The Hall–Kier alpha value is -2.49. The van der Waals surface area contributed by atoms with Gasteiger partial charge in [-0.05, 0) is 37.1 Å². The average molecular weight is 265 g/mol. The second-order valence-corrected chi connectivity index (χ2v) is 5.28. The molecule has 1 aromatic heterocycles. The molecule has 0 amide bonds. The lowest BCUT2D eigenvalue weighted by Crippen LogP contribution is -2.24. The first-order valence-electron chi connectivity index (χ1n) is 6.75. The van der Waals surface area contributed by atoms with Crippen LogP contribution in [0.1, 0.15) is 12.5 Å². The number of hydrogen-bond acceptors (Lipinski definition) is 4. The van der Waals surface area contributed by atoms with Crippen molar-refractivity contribution >= 4 is 28.5 Å². The largest absolute Gasteiger partial charge is 0.423 e. The predicted octanol–water partition coefficient (Wildman–Crippen LogP) is 3.49. The minimum atomic E-state index is 0.345. The van der Waals surface area contributed by atoms with E-state index in [2.05, 4.69) is 35.0 Å². The number of para-hydroxylation sites is 1. The molecular weight excluding hydrogens is 250 g/mol. The molecule has 0 spiro atoms. The molecule has 0 fully saturated rings. The zero-order chi connectivity index (χ0) is 13.7. The number of hydrogen-bond donors (Lipinski definition) is 1. The highest BCUT2D eigenvalue weighted by Crippen LogP contribution is 2.38. The Bertz CT molecular complexity index is 793. The van der Waals surface area contributed by atoms with E-state index in [1.165, 1.54) is 11.3 Å². The van der Waals surface area contributed by atoms with E-state index < -0.39 is 0 Å². The lowest BCUT2D eigenvalue weighted by Gasteiger charge is -2.19. The standard InChI is InChI=1S/C16H15N3O/c1-10-8-11-4-2-3-5-14(11)19(10)16-18-13-7-6-12(17)9-15(13)20-16/h2-7,9-10H,8,17H2,1H3. The first-order valence-corrected chi connectivity index (χ1v) is 6.75. The number of nitrogens with two attached hydrogens (primary N) is 1. The van der Waals surface area contributed by atoms with Gasteiger partial charge in [0.05, 0.1) is 0 Å². The molecule has 0 bridgehead atoms. The van der Waals surface area contributed by atoms with Gasteiger partial charge in [0.2, 0.25) is 0 Å². The highest BCUT2D eigenvalue weighted by atomic mass is 16.4. The van der Waals surface area contributed by atoms with Crippen molar-refractivity contribution in [3.05, 3.63) is 48.0 Å². The summed E-state index contributed by atoms with van der Waals surface area (Å²) in [6.45, 7) is 2.18. The second kappa shape index (κ2) is 4.00. The number of anilines is 3. The van der Waals surface area contributed by atoms with Gasteiger partial charge in [-0.1, -0.05) is 18.2 Å². The molecule has 2 N–H and O–H groups in total. The molecule has 1 unspecified atom stereocenters. The van der Waals surface area contributed by atoms with E-state index in [4.69, 9.17) is 10.2 Å². The number of oxazole rings is 1. The molecule has 3 aromatic rings. The quantitative estimate of drug-likeness (QED) is 0.684. The van der Waals surface area contributed by atoms with Gasteiger partial charge in [-0.2, -0.15) is 4.98 Å². The minimum Gasteiger partial charge on any atom is -0.423 e. The third-order valence-electron chi connectivity index (χ3n) is 3.81. The van der Waals surface area contributed by atoms with Gasteiger partial charge in [-0.3, -0.25) is 4.90 Å². The molecule has 2 heterocycles. The molecule has 0 saturated carbocycles. The Morgan fingerprint density at radius 3 is 3.00 bits per heavy atom. The summed E-state index contributed by atoms with van der Waals surface area (Å²) in [5, 5.41) is 0. The molecule has 2 aromatic carbocycles. The van der Waals surface area contributed by atoms with Crippen molar-refractivity contribution in [2.24, 2.45) is 0 Å². The van der Waals surface area contributed by atoms with E-state index in [9.17, 15) is 0 Å². The number of rotatable bonds is 1. The van der Waals surface area contributed by atoms with Gasteiger partial charge in [-0.15, -0.1) is 0 Å². The minimum absolute atomic E-state index is 0.345. The van der Waals surface area contributed by atoms with Gasteiger partial charge in [0.25, 0.3) is 0 Å². The van der Waals surface area contributed by atoms with Crippen LogP contribution in [0.3, 0.4) is 0 Å². The van der Waals surface area contributed by atoms with Gasteiger partial charge in [0, 0.05) is 23.5 Å². The van der Waals surface area contributed by atoms with E-state index >= 15 is 0 Å². The van der Waals surface area contributed by atoms with Crippen LogP contribution in [0.5, 0.6) is 0 Å². The van der Waals surface area contributed by atoms with Crippen LogP contribution in [0.4, 0.5) is 17.4 Å². The third-order valence-corrected chi connectivity index (χ3v) is 3.81. The molecule has 0 saturated heterocycles. The van der Waals surface area contributed by atoms with Crippen LogP contribution in [-0.2, 0) is 6.42 Å². The molecule has 1 atom stereocenters. The summed E-state index contributed by atoms with van der Waals surface area (Å²) >= 11 is 0. The van der Waals surface area contributed by atoms with Gasteiger partial charge < -0.3 is 10.2 Å².